The molecule has 0 aromatic carbocycles. The number of anilines is 2. The fraction of sp³-hybridized carbons (Fsp3) is 0.143. The van der Waals surface area contributed by atoms with Gasteiger partial charge in [0.05, 0.1) is 11.9 Å². The molecule has 2 aromatic rings. The Morgan fingerprint density at radius 2 is 2.19 bits per heavy atom. The highest BCUT2D eigenvalue weighted by atomic mass is 16.5. The number of rotatable bonds is 3. The van der Waals surface area contributed by atoms with Gasteiger partial charge < -0.3 is 10.1 Å². The van der Waals surface area contributed by atoms with Crippen LogP contribution in [-0.4, -0.2) is 34.9 Å². The van der Waals surface area contributed by atoms with E-state index < -0.39 is 0 Å². The first-order valence-electron chi connectivity index (χ1n) is 6.32. The maximum atomic E-state index is 12.0. The van der Waals surface area contributed by atoms with Gasteiger partial charge in [0.1, 0.15) is 6.54 Å². The molecule has 1 aliphatic rings. The van der Waals surface area contributed by atoms with E-state index in [0.717, 1.165) is 0 Å². The van der Waals surface area contributed by atoms with Gasteiger partial charge in [-0.05, 0) is 24.3 Å². The van der Waals surface area contributed by atoms with Crippen LogP contribution in [0.4, 0.5) is 11.5 Å². The zero-order valence-electron chi connectivity index (χ0n) is 11.0. The Morgan fingerprint density at radius 3 is 3.00 bits per heavy atom. The Morgan fingerprint density at radius 1 is 1.33 bits per heavy atom. The van der Waals surface area contributed by atoms with Crippen LogP contribution in [-0.2, 0) is 9.59 Å². The predicted octanol–water partition coefficient (Wildman–Crippen LogP) is 0.841. The van der Waals surface area contributed by atoms with E-state index in [9.17, 15) is 9.59 Å². The maximum Gasteiger partial charge on any atom is 0.266 e. The van der Waals surface area contributed by atoms with E-state index in [2.05, 4.69) is 15.3 Å². The summed E-state index contributed by atoms with van der Waals surface area (Å²) in [5.74, 6) is 0.221. The van der Waals surface area contributed by atoms with Gasteiger partial charge >= 0.3 is 0 Å². The van der Waals surface area contributed by atoms with Crippen molar-refractivity contribution in [2.24, 2.45) is 0 Å². The summed E-state index contributed by atoms with van der Waals surface area (Å²) in [5, 5.41) is 2.68. The number of nitrogens with one attached hydrogen (secondary N) is 1. The lowest BCUT2D eigenvalue weighted by atomic mass is 10.3. The van der Waals surface area contributed by atoms with Crippen molar-refractivity contribution < 1.29 is 14.3 Å². The number of fused-ring (bicyclic) bond motifs is 1. The van der Waals surface area contributed by atoms with E-state index in [4.69, 9.17) is 4.74 Å². The van der Waals surface area contributed by atoms with Crippen LogP contribution in [0.2, 0.25) is 0 Å². The van der Waals surface area contributed by atoms with E-state index in [1.807, 2.05) is 0 Å². The summed E-state index contributed by atoms with van der Waals surface area (Å²) in [6.45, 7) is -0.222. The number of amides is 2. The van der Waals surface area contributed by atoms with Crippen molar-refractivity contribution in [3.8, 4) is 5.75 Å². The van der Waals surface area contributed by atoms with Crippen molar-refractivity contribution in [1.82, 2.24) is 9.97 Å². The molecule has 2 aromatic heterocycles. The first-order chi connectivity index (χ1) is 10.2. The second kappa shape index (κ2) is 5.58. The highest BCUT2D eigenvalue weighted by Gasteiger charge is 2.28. The number of hydrogen-bond donors (Lipinski definition) is 1. The van der Waals surface area contributed by atoms with Gasteiger partial charge in [0.2, 0.25) is 5.91 Å². The highest BCUT2D eigenvalue weighted by molar-refractivity contribution is 6.04. The summed E-state index contributed by atoms with van der Waals surface area (Å²) in [6, 6.07) is 6.86. The van der Waals surface area contributed by atoms with Crippen LogP contribution < -0.4 is 15.0 Å². The lowest BCUT2D eigenvalue weighted by molar-refractivity contribution is -0.123. The van der Waals surface area contributed by atoms with E-state index in [1.54, 1.807) is 36.7 Å². The molecule has 2 amide bonds. The molecule has 0 bridgehead atoms. The Kier molecular flexibility index (Phi) is 3.46. The molecule has 0 fully saturated rings. The van der Waals surface area contributed by atoms with E-state index in [1.165, 1.54) is 11.1 Å². The predicted molar refractivity (Wildman–Crippen MR) is 75.0 cm³/mol. The van der Waals surface area contributed by atoms with Gasteiger partial charge in [-0.25, -0.2) is 4.98 Å². The smallest absolute Gasteiger partial charge is 0.266 e. The second-order valence-electron chi connectivity index (χ2n) is 4.38. The number of carbonyl (C=O) groups excluding carboxylic acids is 2. The molecule has 0 saturated heterocycles. The molecule has 0 saturated carbocycles. The molecule has 3 heterocycles. The lowest BCUT2D eigenvalue weighted by Crippen LogP contribution is -2.43. The minimum atomic E-state index is -0.324. The van der Waals surface area contributed by atoms with Crippen LogP contribution >= 0.6 is 0 Å². The number of hydrogen-bond acceptors (Lipinski definition) is 5. The van der Waals surface area contributed by atoms with Crippen LogP contribution in [0.1, 0.15) is 0 Å². The molecule has 21 heavy (non-hydrogen) atoms. The maximum absolute atomic E-state index is 12.0. The summed E-state index contributed by atoms with van der Waals surface area (Å²) >= 11 is 0. The molecule has 7 nitrogen and oxygen atoms in total. The number of nitrogens with zero attached hydrogens (tertiary/aromatic N) is 3. The van der Waals surface area contributed by atoms with Crippen LogP contribution in [0.3, 0.4) is 0 Å². The lowest BCUT2D eigenvalue weighted by Gasteiger charge is -2.27. The molecular weight excluding hydrogens is 272 g/mol. The number of aromatic nitrogens is 2. The third-order valence-corrected chi connectivity index (χ3v) is 2.91. The summed E-state index contributed by atoms with van der Waals surface area (Å²) in [4.78, 5) is 33.3. The van der Waals surface area contributed by atoms with Gasteiger partial charge in [0, 0.05) is 12.4 Å². The molecule has 1 aliphatic heterocycles. The van der Waals surface area contributed by atoms with Gasteiger partial charge in [-0.1, -0.05) is 0 Å². The van der Waals surface area contributed by atoms with E-state index in [-0.39, 0.29) is 25.0 Å². The molecule has 0 spiro atoms. The average Bonchev–Trinajstić information content (AvgIpc) is 2.51. The van der Waals surface area contributed by atoms with Crippen LogP contribution in [0.25, 0.3) is 0 Å². The molecule has 0 radical (unpaired) electrons. The van der Waals surface area contributed by atoms with Crippen molar-refractivity contribution in [3.05, 3.63) is 42.9 Å². The average molecular weight is 284 g/mol. The van der Waals surface area contributed by atoms with Crippen molar-refractivity contribution in [3.63, 3.8) is 0 Å². The summed E-state index contributed by atoms with van der Waals surface area (Å²) in [6.07, 6.45) is 4.69. The second-order valence-corrected chi connectivity index (χ2v) is 4.38. The first-order valence-corrected chi connectivity index (χ1v) is 6.32. The van der Waals surface area contributed by atoms with Crippen LogP contribution in [0.15, 0.2) is 42.9 Å². The van der Waals surface area contributed by atoms with Crippen molar-refractivity contribution in [1.29, 1.82) is 0 Å². The number of pyridine rings is 2. The van der Waals surface area contributed by atoms with Crippen molar-refractivity contribution >= 4 is 23.3 Å². The van der Waals surface area contributed by atoms with Gasteiger partial charge in [-0.15, -0.1) is 0 Å². The first kappa shape index (κ1) is 13.0. The Bertz CT molecular complexity index is 675. The Hall–Kier alpha value is -2.96. The van der Waals surface area contributed by atoms with Crippen LogP contribution in [0, 0.1) is 0 Å². The third-order valence-electron chi connectivity index (χ3n) is 2.91. The minimum absolute atomic E-state index is 0.0983. The quantitative estimate of drug-likeness (QED) is 0.903. The van der Waals surface area contributed by atoms with Gasteiger partial charge in [-0.2, -0.15) is 0 Å². The van der Waals surface area contributed by atoms with Crippen LogP contribution in [0.5, 0.6) is 5.75 Å². The van der Waals surface area contributed by atoms with Gasteiger partial charge in [0.25, 0.3) is 5.91 Å². The molecule has 106 valence electrons. The largest absolute Gasteiger partial charge is 0.480 e. The van der Waals surface area contributed by atoms with Gasteiger partial charge in [0.15, 0.2) is 18.2 Å². The van der Waals surface area contributed by atoms with Crippen molar-refractivity contribution in [2.45, 2.75) is 0 Å². The Balaban J connectivity index is 1.75. The fourth-order valence-electron chi connectivity index (χ4n) is 1.98. The zero-order valence-corrected chi connectivity index (χ0v) is 11.0. The van der Waals surface area contributed by atoms with E-state index in [0.29, 0.717) is 17.3 Å². The van der Waals surface area contributed by atoms with Crippen molar-refractivity contribution in [2.75, 3.05) is 23.4 Å². The van der Waals surface area contributed by atoms with E-state index >= 15 is 0 Å². The number of carbonyl (C=O) groups is 2. The summed E-state index contributed by atoms with van der Waals surface area (Å²) < 4.78 is 5.27. The standard InChI is InChI=1S/C14H12N4O3/c19-12(17-10-3-1-5-15-7-10)8-18-13(20)9-21-11-4-2-6-16-14(11)18/h1-7H,8-9H2,(H,17,19). The summed E-state index contributed by atoms with van der Waals surface area (Å²) in [5.41, 5.74) is 0.574. The molecular formula is C14H12N4O3. The summed E-state index contributed by atoms with van der Waals surface area (Å²) in [7, 11) is 0. The molecule has 0 aliphatic carbocycles. The molecule has 0 unspecified atom stereocenters. The minimum Gasteiger partial charge on any atom is -0.480 e. The molecule has 3 rings (SSSR count). The SMILES string of the molecule is O=C(CN1C(=O)COc2cccnc21)Nc1cccnc1. The zero-order chi connectivity index (χ0) is 14.7. The fourth-order valence-corrected chi connectivity index (χ4v) is 1.98. The monoisotopic (exact) mass is 284 g/mol. The molecule has 1 N–H and O–H groups in total. The normalized spacial score (nSPS) is 13.3. The van der Waals surface area contributed by atoms with Gasteiger partial charge in [-0.3, -0.25) is 19.5 Å². The Labute approximate surface area is 120 Å². The highest BCUT2D eigenvalue weighted by Crippen LogP contribution is 2.28. The third kappa shape index (κ3) is 2.81. The number of ether oxygens (including phenoxy) is 1. The molecule has 7 heteroatoms. The molecule has 0 atom stereocenters. The topological polar surface area (TPSA) is 84.4 Å².